The third-order valence-corrected chi connectivity index (χ3v) is 4.51. The lowest BCUT2D eigenvalue weighted by molar-refractivity contribution is 0.0964. The molecule has 9 heteroatoms. The van der Waals surface area contributed by atoms with Gasteiger partial charge in [-0.1, -0.05) is 29.3 Å². The molecule has 0 aliphatic rings. The molecule has 2 heterocycles. The Labute approximate surface area is 171 Å². The molecule has 0 aliphatic carbocycles. The minimum atomic E-state index is -0.486. The smallest absolute Gasteiger partial charge is 0.274 e. The summed E-state index contributed by atoms with van der Waals surface area (Å²) in [5, 5.41) is 10.0. The standard InChI is InChI=1S/C19H17Cl2N5O2/c1-10-5-4-6-23-17(10)26-14(9-15(21)25-26)19(28)24-16-11(2)7-12(20)8-13(16)18(27)22-3/h4-9H,1-3H3,(H,22,27)(H,24,28). The van der Waals surface area contributed by atoms with Crippen molar-refractivity contribution in [2.24, 2.45) is 0 Å². The number of benzene rings is 1. The molecule has 7 nitrogen and oxygen atoms in total. The zero-order valence-corrected chi connectivity index (χ0v) is 16.9. The number of pyridine rings is 1. The molecule has 2 aromatic heterocycles. The number of aryl methyl sites for hydroxylation is 2. The van der Waals surface area contributed by atoms with Gasteiger partial charge in [0.25, 0.3) is 11.8 Å². The zero-order valence-electron chi connectivity index (χ0n) is 15.4. The molecule has 0 unspecified atom stereocenters. The summed E-state index contributed by atoms with van der Waals surface area (Å²) in [7, 11) is 1.50. The minimum absolute atomic E-state index is 0.148. The van der Waals surface area contributed by atoms with Crippen LogP contribution in [-0.2, 0) is 0 Å². The molecular weight excluding hydrogens is 401 g/mol. The van der Waals surface area contributed by atoms with E-state index in [2.05, 4.69) is 20.7 Å². The van der Waals surface area contributed by atoms with Crippen LogP contribution in [0, 0.1) is 13.8 Å². The number of nitrogens with one attached hydrogen (secondary N) is 2. The van der Waals surface area contributed by atoms with Crippen LogP contribution in [-0.4, -0.2) is 33.6 Å². The first-order chi connectivity index (χ1) is 13.3. The number of hydrogen-bond donors (Lipinski definition) is 2. The second-order valence-corrected chi connectivity index (χ2v) is 6.91. The Morgan fingerprint density at radius 1 is 1.07 bits per heavy atom. The van der Waals surface area contributed by atoms with Crippen molar-refractivity contribution in [1.82, 2.24) is 20.1 Å². The first-order valence-electron chi connectivity index (χ1n) is 8.33. The molecule has 0 saturated heterocycles. The van der Waals surface area contributed by atoms with Crippen molar-refractivity contribution in [3.63, 3.8) is 0 Å². The number of carbonyl (C=O) groups is 2. The summed E-state index contributed by atoms with van der Waals surface area (Å²) in [4.78, 5) is 29.5. The number of carbonyl (C=O) groups excluding carboxylic acids is 2. The van der Waals surface area contributed by atoms with Gasteiger partial charge in [0.2, 0.25) is 0 Å². The highest BCUT2D eigenvalue weighted by atomic mass is 35.5. The lowest BCUT2D eigenvalue weighted by Gasteiger charge is -2.14. The van der Waals surface area contributed by atoms with E-state index in [1.807, 2.05) is 13.0 Å². The lowest BCUT2D eigenvalue weighted by atomic mass is 10.1. The average molecular weight is 418 g/mol. The molecule has 0 bridgehead atoms. The van der Waals surface area contributed by atoms with Crippen molar-refractivity contribution in [3.05, 3.63) is 69.1 Å². The molecule has 0 aliphatic heterocycles. The van der Waals surface area contributed by atoms with E-state index in [1.54, 1.807) is 25.3 Å². The van der Waals surface area contributed by atoms with Crippen LogP contribution < -0.4 is 10.6 Å². The highest BCUT2D eigenvalue weighted by Gasteiger charge is 2.21. The Balaban J connectivity index is 2.05. The molecule has 0 saturated carbocycles. The topological polar surface area (TPSA) is 88.9 Å². The van der Waals surface area contributed by atoms with Gasteiger partial charge in [0, 0.05) is 24.3 Å². The Bertz CT molecular complexity index is 1080. The van der Waals surface area contributed by atoms with E-state index >= 15 is 0 Å². The van der Waals surface area contributed by atoms with Crippen LogP contribution in [0.25, 0.3) is 5.82 Å². The van der Waals surface area contributed by atoms with Gasteiger partial charge in [0.05, 0.1) is 11.3 Å². The maximum Gasteiger partial charge on any atom is 0.274 e. The lowest BCUT2D eigenvalue weighted by Crippen LogP contribution is -2.23. The van der Waals surface area contributed by atoms with Crippen LogP contribution in [0.4, 0.5) is 5.69 Å². The third-order valence-electron chi connectivity index (χ3n) is 4.11. The summed E-state index contributed by atoms with van der Waals surface area (Å²) in [6.07, 6.45) is 1.60. The number of halogens is 2. The van der Waals surface area contributed by atoms with Gasteiger partial charge in [-0.2, -0.15) is 5.10 Å². The fourth-order valence-electron chi connectivity index (χ4n) is 2.77. The van der Waals surface area contributed by atoms with Gasteiger partial charge in [0.1, 0.15) is 5.69 Å². The van der Waals surface area contributed by atoms with Gasteiger partial charge in [0.15, 0.2) is 11.0 Å². The summed E-state index contributed by atoms with van der Waals surface area (Å²) in [5.41, 5.74) is 2.27. The second-order valence-electron chi connectivity index (χ2n) is 6.09. The predicted octanol–water partition coefficient (Wildman–Crippen LogP) is 3.80. The molecule has 0 radical (unpaired) electrons. The number of aromatic nitrogens is 3. The van der Waals surface area contributed by atoms with Gasteiger partial charge >= 0.3 is 0 Å². The summed E-state index contributed by atoms with van der Waals surface area (Å²) < 4.78 is 1.37. The molecule has 1 aromatic carbocycles. The molecule has 2 amide bonds. The molecule has 3 rings (SSSR count). The van der Waals surface area contributed by atoms with E-state index in [-0.39, 0.29) is 22.3 Å². The summed E-state index contributed by atoms with van der Waals surface area (Å²) >= 11 is 12.1. The van der Waals surface area contributed by atoms with Crippen LogP contribution in [0.3, 0.4) is 0 Å². The SMILES string of the molecule is CNC(=O)c1cc(Cl)cc(C)c1NC(=O)c1cc(Cl)nn1-c1ncccc1C. The largest absolute Gasteiger partial charge is 0.355 e. The summed E-state index contributed by atoms with van der Waals surface area (Å²) in [6, 6.07) is 8.24. The average Bonchev–Trinajstić information content (AvgIpc) is 3.05. The van der Waals surface area contributed by atoms with Crippen molar-refractivity contribution in [2.45, 2.75) is 13.8 Å². The van der Waals surface area contributed by atoms with E-state index in [9.17, 15) is 9.59 Å². The second kappa shape index (κ2) is 8.00. The van der Waals surface area contributed by atoms with Crippen molar-refractivity contribution in [3.8, 4) is 5.82 Å². The fraction of sp³-hybridized carbons (Fsp3) is 0.158. The van der Waals surface area contributed by atoms with Crippen molar-refractivity contribution in [2.75, 3.05) is 12.4 Å². The zero-order chi connectivity index (χ0) is 20.4. The molecule has 0 spiro atoms. The molecule has 0 atom stereocenters. The van der Waals surface area contributed by atoms with Crippen LogP contribution in [0.15, 0.2) is 36.5 Å². The van der Waals surface area contributed by atoms with E-state index < -0.39 is 5.91 Å². The molecule has 28 heavy (non-hydrogen) atoms. The maximum absolute atomic E-state index is 13.0. The highest BCUT2D eigenvalue weighted by molar-refractivity contribution is 6.31. The number of rotatable bonds is 4. The third kappa shape index (κ3) is 3.85. The first-order valence-corrected chi connectivity index (χ1v) is 9.08. The molecule has 3 aromatic rings. The monoisotopic (exact) mass is 417 g/mol. The van der Waals surface area contributed by atoms with Crippen molar-refractivity contribution >= 4 is 40.7 Å². The number of hydrogen-bond acceptors (Lipinski definition) is 4. The molecule has 0 fully saturated rings. The van der Waals surface area contributed by atoms with Crippen LogP contribution in [0.5, 0.6) is 0 Å². The Morgan fingerprint density at radius 3 is 2.50 bits per heavy atom. The highest BCUT2D eigenvalue weighted by Crippen LogP contribution is 2.27. The van der Waals surface area contributed by atoms with Crippen LogP contribution in [0.1, 0.15) is 32.0 Å². The van der Waals surface area contributed by atoms with Crippen molar-refractivity contribution < 1.29 is 9.59 Å². The van der Waals surface area contributed by atoms with E-state index in [4.69, 9.17) is 23.2 Å². The first kappa shape index (κ1) is 19.9. The Hall–Kier alpha value is -2.90. The Kier molecular flexibility index (Phi) is 5.67. The maximum atomic E-state index is 13.0. The normalized spacial score (nSPS) is 10.6. The van der Waals surface area contributed by atoms with E-state index in [0.717, 1.165) is 5.56 Å². The molecule has 2 N–H and O–H groups in total. The van der Waals surface area contributed by atoms with Crippen LogP contribution >= 0.6 is 23.2 Å². The predicted molar refractivity (Wildman–Crippen MR) is 109 cm³/mol. The van der Waals surface area contributed by atoms with Gasteiger partial charge in [-0.25, -0.2) is 9.67 Å². The quantitative estimate of drug-likeness (QED) is 0.675. The van der Waals surface area contributed by atoms with Gasteiger partial charge in [-0.05, 0) is 43.2 Å². The van der Waals surface area contributed by atoms with Crippen LogP contribution in [0.2, 0.25) is 10.2 Å². The van der Waals surface area contributed by atoms with E-state index in [0.29, 0.717) is 22.1 Å². The fourth-order valence-corrected chi connectivity index (χ4v) is 3.23. The molecular formula is C19H17Cl2N5O2. The van der Waals surface area contributed by atoms with E-state index in [1.165, 1.54) is 23.9 Å². The van der Waals surface area contributed by atoms with Gasteiger partial charge in [-0.3, -0.25) is 9.59 Å². The summed E-state index contributed by atoms with van der Waals surface area (Å²) in [5.74, 6) is -0.369. The van der Waals surface area contributed by atoms with Gasteiger partial charge in [-0.15, -0.1) is 0 Å². The van der Waals surface area contributed by atoms with Gasteiger partial charge < -0.3 is 10.6 Å². The molecule has 144 valence electrons. The number of anilines is 1. The number of nitrogens with zero attached hydrogens (tertiary/aromatic N) is 3. The Morgan fingerprint density at radius 2 is 1.82 bits per heavy atom. The minimum Gasteiger partial charge on any atom is -0.355 e. The van der Waals surface area contributed by atoms with Crippen molar-refractivity contribution in [1.29, 1.82) is 0 Å². The number of amides is 2. The summed E-state index contributed by atoms with van der Waals surface area (Å²) in [6.45, 7) is 3.60.